The number of halogens is 1. The van der Waals surface area contributed by atoms with E-state index in [2.05, 4.69) is 10.6 Å². The molecule has 0 fully saturated rings. The van der Waals surface area contributed by atoms with Gasteiger partial charge in [-0.25, -0.2) is 9.18 Å². The fourth-order valence-corrected chi connectivity index (χ4v) is 1.64. The summed E-state index contributed by atoms with van der Waals surface area (Å²) in [5, 5.41) is 14.4. The van der Waals surface area contributed by atoms with Gasteiger partial charge in [-0.3, -0.25) is 0 Å². The van der Waals surface area contributed by atoms with E-state index in [4.69, 9.17) is 5.11 Å². The van der Waals surface area contributed by atoms with Gasteiger partial charge < -0.3 is 15.7 Å². The third-order valence-corrected chi connectivity index (χ3v) is 2.66. The van der Waals surface area contributed by atoms with Crippen LogP contribution in [-0.4, -0.2) is 30.3 Å². The molecule has 5 heteroatoms. The van der Waals surface area contributed by atoms with Crippen LogP contribution in [0.3, 0.4) is 0 Å². The minimum atomic E-state index is -0.409. The number of aliphatic hydroxyl groups excluding tert-OH is 1. The molecule has 4 nitrogen and oxygen atoms in total. The fraction of sp³-hybridized carbons (Fsp3) is 0.500. The highest BCUT2D eigenvalue weighted by Crippen LogP contribution is 2.05. The summed E-state index contributed by atoms with van der Waals surface area (Å²) in [6, 6.07) is 6.23. The van der Waals surface area contributed by atoms with Gasteiger partial charge in [-0.05, 0) is 43.9 Å². The predicted molar refractivity (Wildman–Crippen MR) is 72.4 cm³/mol. The summed E-state index contributed by atoms with van der Waals surface area (Å²) in [5.74, 6) is -0.235. The van der Waals surface area contributed by atoms with Gasteiger partial charge in [0.1, 0.15) is 5.82 Å². The Morgan fingerprint density at radius 3 is 2.79 bits per heavy atom. The molecule has 0 aliphatic heterocycles. The average Bonchev–Trinajstić information content (AvgIpc) is 2.34. The van der Waals surface area contributed by atoms with Crippen molar-refractivity contribution in [2.45, 2.75) is 32.3 Å². The molecular weight excluding hydrogens is 247 g/mol. The summed E-state index contributed by atoms with van der Waals surface area (Å²) in [6.07, 6.45) is 1.61. The lowest BCUT2D eigenvalue weighted by Gasteiger charge is -2.08. The van der Waals surface area contributed by atoms with Crippen LogP contribution in [-0.2, 0) is 6.42 Å². The number of hydrogen-bond acceptors (Lipinski definition) is 2. The molecule has 0 heterocycles. The average molecular weight is 268 g/mol. The Morgan fingerprint density at radius 2 is 2.11 bits per heavy atom. The van der Waals surface area contributed by atoms with E-state index in [1.807, 2.05) is 6.07 Å². The van der Waals surface area contributed by atoms with Crippen LogP contribution in [0.4, 0.5) is 9.18 Å². The Labute approximate surface area is 113 Å². The third-order valence-electron chi connectivity index (χ3n) is 2.66. The van der Waals surface area contributed by atoms with Gasteiger partial charge in [0.25, 0.3) is 0 Å². The van der Waals surface area contributed by atoms with Gasteiger partial charge in [0.2, 0.25) is 0 Å². The van der Waals surface area contributed by atoms with E-state index >= 15 is 0 Å². The van der Waals surface area contributed by atoms with E-state index in [9.17, 15) is 9.18 Å². The van der Waals surface area contributed by atoms with E-state index in [-0.39, 0.29) is 11.8 Å². The van der Waals surface area contributed by atoms with Crippen LogP contribution in [0.25, 0.3) is 0 Å². The molecule has 0 radical (unpaired) electrons. The number of aryl methyl sites for hydroxylation is 1. The minimum absolute atomic E-state index is 0.235. The third kappa shape index (κ3) is 7.41. The highest BCUT2D eigenvalue weighted by atomic mass is 19.1. The Balaban J connectivity index is 2.08. The van der Waals surface area contributed by atoms with Crippen LogP contribution in [0, 0.1) is 5.82 Å². The zero-order chi connectivity index (χ0) is 14.1. The molecule has 1 aromatic rings. The summed E-state index contributed by atoms with van der Waals surface area (Å²) >= 11 is 0. The van der Waals surface area contributed by atoms with Gasteiger partial charge in [-0.15, -0.1) is 0 Å². The number of nitrogens with one attached hydrogen (secondary N) is 2. The number of benzene rings is 1. The van der Waals surface area contributed by atoms with E-state index < -0.39 is 6.10 Å². The molecule has 0 saturated heterocycles. The second kappa shape index (κ2) is 8.48. The van der Waals surface area contributed by atoms with Crippen LogP contribution < -0.4 is 10.6 Å². The number of urea groups is 1. The van der Waals surface area contributed by atoms with Crippen molar-refractivity contribution in [1.29, 1.82) is 0 Å². The Hall–Kier alpha value is -1.62. The largest absolute Gasteiger partial charge is 0.393 e. The topological polar surface area (TPSA) is 61.4 Å². The lowest BCUT2D eigenvalue weighted by molar-refractivity contribution is 0.183. The summed E-state index contributed by atoms with van der Waals surface area (Å²) in [6.45, 7) is 2.67. The summed E-state index contributed by atoms with van der Waals surface area (Å²) in [5.41, 5.74) is 0.927. The molecule has 106 valence electrons. The zero-order valence-electron chi connectivity index (χ0n) is 11.2. The molecule has 1 atom stereocenters. The molecule has 0 aliphatic rings. The SMILES string of the molecule is CC(O)CCNC(=O)NCCCc1cccc(F)c1. The highest BCUT2D eigenvalue weighted by molar-refractivity contribution is 5.73. The number of aliphatic hydroxyl groups is 1. The van der Waals surface area contributed by atoms with Gasteiger partial charge in [0.05, 0.1) is 6.10 Å². The maximum atomic E-state index is 12.9. The van der Waals surface area contributed by atoms with E-state index in [1.165, 1.54) is 12.1 Å². The maximum absolute atomic E-state index is 12.9. The molecule has 0 saturated carbocycles. The number of amides is 2. The molecule has 19 heavy (non-hydrogen) atoms. The first-order valence-electron chi connectivity index (χ1n) is 6.52. The molecule has 1 aromatic carbocycles. The van der Waals surface area contributed by atoms with E-state index in [1.54, 1.807) is 13.0 Å². The standard InChI is InChI=1S/C14H21FN2O2/c1-11(18)7-9-17-14(19)16-8-3-5-12-4-2-6-13(15)10-12/h2,4,6,10-11,18H,3,5,7-9H2,1H3,(H2,16,17,19). The van der Waals surface area contributed by atoms with Crippen molar-refractivity contribution < 1.29 is 14.3 Å². The molecule has 2 amide bonds. The van der Waals surface area contributed by atoms with Gasteiger partial charge in [0, 0.05) is 13.1 Å². The van der Waals surface area contributed by atoms with Crippen molar-refractivity contribution >= 4 is 6.03 Å². The van der Waals surface area contributed by atoms with Crippen molar-refractivity contribution in [2.75, 3.05) is 13.1 Å². The lowest BCUT2D eigenvalue weighted by atomic mass is 10.1. The smallest absolute Gasteiger partial charge is 0.314 e. The van der Waals surface area contributed by atoms with Crippen LogP contribution in [0.2, 0.25) is 0 Å². The molecule has 3 N–H and O–H groups in total. The van der Waals surface area contributed by atoms with Gasteiger partial charge in [-0.2, -0.15) is 0 Å². The maximum Gasteiger partial charge on any atom is 0.314 e. The quantitative estimate of drug-likeness (QED) is 0.661. The summed E-state index contributed by atoms with van der Waals surface area (Å²) < 4.78 is 12.9. The van der Waals surface area contributed by atoms with Crippen LogP contribution in [0.15, 0.2) is 24.3 Å². The Morgan fingerprint density at radius 1 is 1.37 bits per heavy atom. The number of carbonyl (C=O) groups is 1. The molecule has 0 aromatic heterocycles. The van der Waals surface area contributed by atoms with Crippen LogP contribution in [0.5, 0.6) is 0 Å². The first-order valence-corrected chi connectivity index (χ1v) is 6.52. The summed E-state index contributed by atoms with van der Waals surface area (Å²) in [4.78, 5) is 11.3. The van der Waals surface area contributed by atoms with Gasteiger partial charge in [0.15, 0.2) is 0 Å². The lowest BCUT2D eigenvalue weighted by Crippen LogP contribution is -2.37. The molecular formula is C14H21FN2O2. The van der Waals surface area contributed by atoms with Crippen molar-refractivity contribution in [2.24, 2.45) is 0 Å². The van der Waals surface area contributed by atoms with Crippen molar-refractivity contribution in [3.05, 3.63) is 35.6 Å². The Kier molecular flexibility index (Phi) is 6.89. The number of carbonyl (C=O) groups excluding carboxylic acids is 1. The molecule has 0 aliphatic carbocycles. The fourth-order valence-electron chi connectivity index (χ4n) is 1.64. The van der Waals surface area contributed by atoms with Gasteiger partial charge >= 0.3 is 6.03 Å². The molecule has 1 rings (SSSR count). The number of rotatable bonds is 7. The molecule has 1 unspecified atom stereocenters. The second-order valence-corrected chi connectivity index (χ2v) is 4.55. The molecule has 0 bridgehead atoms. The first-order chi connectivity index (χ1) is 9.08. The van der Waals surface area contributed by atoms with Crippen molar-refractivity contribution in [3.8, 4) is 0 Å². The van der Waals surface area contributed by atoms with Crippen molar-refractivity contribution in [1.82, 2.24) is 10.6 Å². The number of hydrogen-bond donors (Lipinski definition) is 3. The minimum Gasteiger partial charge on any atom is -0.393 e. The zero-order valence-corrected chi connectivity index (χ0v) is 11.2. The van der Waals surface area contributed by atoms with E-state index in [0.29, 0.717) is 19.5 Å². The highest BCUT2D eigenvalue weighted by Gasteiger charge is 2.01. The van der Waals surface area contributed by atoms with E-state index in [0.717, 1.165) is 18.4 Å². The predicted octanol–water partition coefficient (Wildman–Crippen LogP) is 1.83. The van der Waals surface area contributed by atoms with Crippen LogP contribution >= 0.6 is 0 Å². The van der Waals surface area contributed by atoms with Gasteiger partial charge in [-0.1, -0.05) is 12.1 Å². The van der Waals surface area contributed by atoms with Crippen LogP contribution in [0.1, 0.15) is 25.3 Å². The summed E-state index contributed by atoms with van der Waals surface area (Å²) in [7, 11) is 0. The first kappa shape index (κ1) is 15.4. The monoisotopic (exact) mass is 268 g/mol. The van der Waals surface area contributed by atoms with Crippen molar-refractivity contribution in [3.63, 3.8) is 0 Å². The Bertz CT molecular complexity index is 397. The normalized spacial score (nSPS) is 11.9. The second-order valence-electron chi connectivity index (χ2n) is 4.55. The molecule has 0 spiro atoms.